The number of carbonyl (C=O) groups is 3. The number of aryl methyl sites for hydroxylation is 2. The first-order valence-electron chi connectivity index (χ1n) is 9.75. The number of carbonyl (C=O) groups excluding carboxylic acids is 3. The first-order chi connectivity index (χ1) is 14.0. The van der Waals surface area contributed by atoms with Gasteiger partial charge in [-0.25, -0.2) is 9.59 Å². The highest BCUT2D eigenvalue weighted by Gasteiger charge is 2.20. The Hall–Kier alpha value is -3.15. The Morgan fingerprint density at radius 2 is 1.62 bits per heavy atom. The number of ether oxygens (including phenoxy) is 2. The van der Waals surface area contributed by atoms with Crippen molar-refractivity contribution in [3.63, 3.8) is 0 Å². The van der Waals surface area contributed by atoms with E-state index in [1.54, 1.807) is 12.1 Å². The minimum absolute atomic E-state index is 0.0647. The molecule has 0 aliphatic heterocycles. The van der Waals surface area contributed by atoms with Crippen molar-refractivity contribution in [2.45, 2.75) is 38.6 Å². The third kappa shape index (κ3) is 5.02. The first-order valence-corrected chi connectivity index (χ1v) is 9.75. The Morgan fingerprint density at radius 3 is 2.31 bits per heavy atom. The molecule has 2 aromatic rings. The molecule has 0 spiro atoms. The number of nitrogens with one attached hydrogen (secondary N) is 1. The van der Waals surface area contributed by atoms with E-state index in [-0.39, 0.29) is 17.2 Å². The van der Waals surface area contributed by atoms with E-state index >= 15 is 0 Å². The topological polar surface area (TPSA) is 81.7 Å². The summed E-state index contributed by atoms with van der Waals surface area (Å²) in [6, 6.07) is 12.3. The van der Waals surface area contributed by atoms with Crippen LogP contribution in [0.2, 0.25) is 0 Å². The van der Waals surface area contributed by atoms with Crippen LogP contribution in [0.25, 0.3) is 0 Å². The predicted molar refractivity (Wildman–Crippen MR) is 108 cm³/mol. The maximum Gasteiger partial charge on any atom is 0.339 e. The zero-order chi connectivity index (χ0) is 20.8. The monoisotopic (exact) mass is 395 g/mol. The summed E-state index contributed by atoms with van der Waals surface area (Å²) >= 11 is 0. The maximum atomic E-state index is 12.3. The second kappa shape index (κ2) is 9.37. The van der Waals surface area contributed by atoms with E-state index in [4.69, 9.17) is 4.74 Å². The molecular formula is C23H25NO5. The van der Waals surface area contributed by atoms with Gasteiger partial charge in [-0.3, -0.25) is 4.79 Å². The van der Waals surface area contributed by atoms with Gasteiger partial charge in [-0.15, -0.1) is 0 Å². The fourth-order valence-corrected chi connectivity index (χ4v) is 3.55. The minimum atomic E-state index is -0.748. The summed E-state index contributed by atoms with van der Waals surface area (Å²) < 4.78 is 9.76. The Kier molecular flexibility index (Phi) is 6.65. The van der Waals surface area contributed by atoms with Crippen LogP contribution in [0, 0.1) is 0 Å². The molecule has 0 fully saturated rings. The molecule has 1 aliphatic carbocycles. The molecule has 0 bridgehead atoms. The number of methoxy groups -OCH3 is 1. The van der Waals surface area contributed by atoms with E-state index in [0.717, 1.165) is 18.4 Å². The zero-order valence-corrected chi connectivity index (χ0v) is 16.7. The molecule has 1 aliphatic rings. The second-order valence-electron chi connectivity index (χ2n) is 7.14. The van der Waals surface area contributed by atoms with Gasteiger partial charge in [-0.1, -0.05) is 30.3 Å². The minimum Gasteiger partial charge on any atom is -0.465 e. The van der Waals surface area contributed by atoms with Crippen LogP contribution < -0.4 is 5.32 Å². The Balaban J connectivity index is 1.57. The number of esters is 2. The lowest BCUT2D eigenvalue weighted by molar-refractivity contribution is -0.124. The summed E-state index contributed by atoms with van der Waals surface area (Å²) in [5, 5.41) is 2.85. The van der Waals surface area contributed by atoms with E-state index in [9.17, 15) is 14.4 Å². The number of hydrogen-bond acceptors (Lipinski definition) is 5. The van der Waals surface area contributed by atoms with Crippen molar-refractivity contribution in [2.24, 2.45) is 0 Å². The van der Waals surface area contributed by atoms with Crippen LogP contribution in [0.4, 0.5) is 0 Å². The summed E-state index contributed by atoms with van der Waals surface area (Å²) in [4.78, 5) is 36.3. The molecule has 3 rings (SSSR count). The second-order valence-corrected chi connectivity index (χ2v) is 7.14. The summed E-state index contributed by atoms with van der Waals surface area (Å²) in [5.41, 5.74) is 3.93. The molecule has 2 aromatic carbocycles. The van der Waals surface area contributed by atoms with Crippen LogP contribution >= 0.6 is 0 Å². The highest BCUT2D eigenvalue weighted by Crippen LogP contribution is 2.24. The highest BCUT2D eigenvalue weighted by atomic mass is 16.5. The third-order valence-corrected chi connectivity index (χ3v) is 5.14. The number of rotatable bonds is 6. The van der Waals surface area contributed by atoms with Crippen LogP contribution in [-0.2, 0) is 27.1 Å². The Labute approximate surface area is 170 Å². The van der Waals surface area contributed by atoms with Crippen molar-refractivity contribution >= 4 is 17.8 Å². The van der Waals surface area contributed by atoms with Crippen LogP contribution in [0.15, 0.2) is 42.5 Å². The van der Waals surface area contributed by atoms with Crippen molar-refractivity contribution in [1.82, 2.24) is 5.32 Å². The fourth-order valence-electron chi connectivity index (χ4n) is 3.55. The highest BCUT2D eigenvalue weighted by molar-refractivity contribution is 6.03. The summed E-state index contributed by atoms with van der Waals surface area (Å²) in [6.07, 6.45) is 4.60. The van der Waals surface area contributed by atoms with Crippen LogP contribution in [0.3, 0.4) is 0 Å². The van der Waals surface area contributed by atoms with Crippen molar-refractivity contribution in [3.8, 4) is 0 Å². The Bertz CT molecular complexity index is 921. The molecule has 0 saturated carbocycles. The van der Waals surface area contributed by atoms with Gasteiger partial charge >= 0.3 is 11.9 Å². The maximum absolute atomic E-state index is 12.3. The van der Waals surface area contributed by atoms with Gasteiger partial charge in [0.05, 0.1) is 24.3 Å². The Morgan fingerprint density at radius 1 is 0.966 bits per heavy atom. The lowest BCUT2D eigenvalue weighted by Crippen LogP contribution is -2.31. The third-order valence-electron chi connectivity index (χ3n) is 5.14. The first kappa shape index (κ1) is 20.6. The molecule has 0 aromatic heterocycles. The number of hydrogen-bond donors (Lipinski definition) is 1. The largest absolute Gasteiger partial charge is 0.465 e. The molecule has 1 amide bonds. The molecule has 6 nitrogen and oxygen atoms in total. The molecule has 29 heavy (non-hydrogen) atoms. The van der Waals surface area contributed by atoms with Crippen molar-refractivity contribution in [3.05, 3.63) is 70.3 Å². The van der Waals surface area contributed by atoms with Crippen molar-refractivity contribution < 1.29 is 23.9 Å². The fraction of sp³-hybridized carbons (Fsp3) is 0.348. The quantitative estimate of drug-likeness (QED) is 0.759. The van der Waals surface area contributed by atoms with Crippen molar-refractivity contribution in [1.29, 1.82) is 0 Å². The van der Waals surface area contributed by atoms with E-state index < -0.39 is 24.5 Å². The number of fused-ring (bicyclic) bond motifs is 1. The molecule has 152 valence electrons. The van der Waals surface area contributed by atoms with Crippen molar-refractivity contribution in [2.75, 3.05) is 13.7 Å². The van der Waals surface area contributed by atoms with Gasteiger partial charge in [0.25, 0.3) is 5.91 Å². The van der Waals surface area contributed by atoms with E-state index in [2.05, 4.69) is 22.2 Å². The average Bonchev–Trinajstić information content (AvgIpc) is 2.76. The van der Waals surface area contributed by atoms with Gasteiger partial charge < -0.3 is 14.8 Å². The molecule has 1 N–H and O–H groups in total. The van der Waals surface area contributed by atoms with Crippen LogP contribution in [0.1, 0.15) is 63.2 Å². The molecule has 1 atom stereocenters. The van der Waals surface area contributed by atoms with Gasteiger partial charge in [0, 0.05) is 0 Å². The lowest BCUT2D eigenvalue weighted by Gasteiger charge is -2.20. The summed E-state index contributed by atoms with van der Waals surface area (Å²) in [7, 11) is 1.24. The SMILES string of the molecule is COC(=O)c1ccccc1C(=O)OCC(=O)NC(C)c1ccc2c(c1)CCCC2. The van der Waals surface area contributed by atoms with E-state index in [0.29, 0.717) is 0 Å². The number of amides is 1. The number of benzene rings is 2. The van der Waals surface area contributed by atoms with Gasteiger partial charge in [0.15, 0.2) is 6.61 Å². The van der Waals surface area contributed by atoms with Crippen LogP contribution in [0.5, 0.6) is 0 Å². The van der Waals surface area contributed by atoms with E-state index in [1.165, 1.54) is 43.2 Å². The van der Waals surface area contributed by atoms with Gasteiger partial charge in [0.2, 0.25) is 0 Å². The van der Waals surface area contributed by atoms with E-state index in [1.807, 2.05) is 13.0 Å². The summed E-state index contributed by atoms with van der Waals surface area (Å²) in [5.74, 6) is -1.79. The zero-order valence-electron chi connectivity index (χ0n) is 16.7. The van der Waals surface area contributed by atoms with Crippen LogP contribution in [-0.4, -0.2) is 31.6 Å². The molecule has 1 unspecified atom stereocenters. The predicted octanol–water partition coefficient (Wildman–Crippen LogP) is 3.39. The average molecular weight is 395 g/mol. The molecule has 6 heteroatoms. The van der Waals surface area contributed by atoms with Gasteiger partial charge in [-0.2, -0.15) is 0 Å². The summed E-state index contributed by atoms with van der Waals surface area (Å²) in [6.45, 7) is 1.47. The molecule has 0 heterocycles. The molecule has 0 radical (unpaired) electrons. The smallest absolute Gasteiger partial charge is 0.339 e. The molecule has 0 saturated heterocycles. The lowest BCUT2D eigenvalue weighted by atomic mass is 9.89. The van der Waals surface area contributed by atoms with Gasteiger partial charge in [0.1, 0.15) is 0 Å². The van der Waals surface area contributed by atoms with Gasteiger partial charge in [-0.05, 0) is 61.4 Å². The standard InChI is InChI=1S/C23H25NO5/c1-15(17-12-11-16-7-3-4-8-18(16)13-17)24-21(25)14-29-23(27)20-10-6-5-9-19(20)22(26)28-2/h5-6,9-13,15H,3-4,7-8,14H2,1-2H3,(H,24,25). The normalized spacial score (nSPS) is 13.7. The molecular weight excluding hydrogens is 370 g/mol.